The number of nitrogens with zero attached hydrogens (tertiary/aromatic N) is 4. The summed E-state index contributed by atoms with van der Waals surface area (Å²) in [5, 5.41) is 7.62. The van der Waals surface area contributed by atoms with E-state index < -0.39 is 0 Å². The molecule has 102 valence electrons. The lowest BCUT2D eigenvalue weighted by Crippen LogP contribution is -2.31. The summed E-state index contributed by atoms with van der Waals surface area (Å²) < 4.78 is 2.00. The Kier molecular flexibility index (Phi) is 5.03. The molecule has 0 saturated carbocycles. The zero-order chi connectivity index (χ0) is 13.5. The Bertz CT molecular complexity index is 480. The van der Waals surface area contributed by atoms with E-state index in [1.165, 1.54) is 5.56 Å². The third-order valence-corrected chi connectivity index (χ3v) is 3.20. The molecule has 0 fully saturated rings. The quantitative estimate of drug-likeness (QED) is 0.818. The summed E-state index contributed by atoms with van der Waals surface area (Å²) in [5.74, 6) is 1.05. The van der Waals surface area contributed by atoms with Crippen molar-refractivity contribution in [2.45, 2.75) is 38.8 Å². The molecule has 5 nitrogen and oxygen atoms in total. The van der Waals surface area contributed by atoms with Gasteiger partial charge in [-0.1, -0.05) is 6.92 Å². The Hall–Kier alpha value is -1.75. The molecule has 1 N–H and O–H groups in total. The van der Waals surface area contributed by atoms with Crippen molar-refractivity contribution in [1.29, 1.82) is 0 Å². The van der Waals surface area contributed by atoms with Crippen molar-refractivity contribution < 1.29 is 0 Å². The number of aromatic nitrogens is 4. The Labute approximate surface area is 114 Å². The normalized spacial score (nSPS) is 12.5. The first-order valence-corrected chi connectivity index (χ1v) is 6.76. The second-order valence-electron chi connectivity index (χ2n) is 4.65. The molecule has 1 unspecified atom stereocenters. The number of rotatable bonds is 7. The molecule has 2 rings (SSSR count). The van der Waals surface area contributed by atoms with Crippen LogP contribution in [0.25, 0.3) is 0 Å². The average molecular weight is 259 g/mol. The fourth-order valence-electron chi connectivity index (χ4n) is 2.14. The molecule has 5 heteroatoms. The second-order valence-corrected chi connectivity index (χ2v) is 4.65. The highest BCUT2D eigenvalue weighted by Gasteiger charge is 2.12. The van der Waals surface area contributed by atoms with Crippen molar-refractivity contribution in [3.63, 3.8) is 0 Å². The lowest BCUT2D eigenvalue weighted by Gasteiger charge is -2.16. The van der Waals surface area contributed by atoms with Crippen molar-refractivity contribution in [3.05, 3.63) is 42.2 Å². The van der Waals surface area contributed by atoms with E-state index in [4.69, 9.17) is 0 Å². The maximum absolute atomic E-state index is 4.36. The monoisotopic (exact) mass is 259 g/mol. The molecule has 19 heavy (non-hydrogen) atoms. The summed E-state index contributed by atoms with van der Waals surface area (Å²) in [5.41, 5.74) is 1.29. The molecule has 0 saturated heterocycles. The van der Waals surface area contributed by atoms with E-state index in [0.29, 0.717) is 6.04 Å². The smallest absolute Gasteiger partial charge is 0.138 e. The van der Waals surface area contributed by atoms with Crippen LogP contribution < -0.4 is 5.32 Å². The summed E-state index contributed by atoms with van der Waals surface area (Å²) in [6.45, 7) is 3.08. The van der Waals surface area contributed by atoms with Gasteiger partial charge in [0.2, 0.25) is 0 Å². The van der Waals surface area contributed by atoms with Crippen molar-refractivity contribution in [2.75, 3.05) is 7.05 Å². The molecule has 0 bridgehead atoms. The van der Waals surface area contributed by atoms with Crippen LogP contribution in [0.5, 0.6) is 0 Å². The number of hydrogen-bond acceptors (Lipinski definition) is 4. The summed E-state index contributed by atoms with van der Waals surface area (Å²) >= 11 is 0. The lowest BCUT2D eigenvalue weighted by molar-refractivity contribution is 0.501. The van der Waals surface area contributed by atoms with E-state index in [-0.39, 0.29) is 0 Å². The standard InChI is InChI=1S/C14H21N5/c1-3-8-19-14(17-11-18-19)10-13(15-2)9-12-4-6-16-7-5-12/h4-7,11,13,15H,3,8-10H2,1-2H3. The van der Waals surface area contributed by atoms with Gasteiger partial charge in [0.1, 0.15) is 12.2 Å². The molecule has 2 aromatic rings. The highest BCUT2D eigenvalue weighted by molar-refractivity contribution is 5.12. The van der Waals surface area contributed by atoms with Crippen LogP contribution in [0.2, 0.25) is 0 Å². The summed E-state index contributed by atoms with van der Waals surface area (Å²) in [7, 11) is 1.99. The summed E-state index contributed by atoms with van der Waals surface area (Å²) in [6.07, 6.45) is 8.25. The van der Waals surface area contributed by atoms with Crippen LogP contribution in [0.1, 0.15) is 24.7 Å². The molecule has 0 radical (unpaired) electrons. The highest BCUT2D eigenvalue weighted by Crippen LogP contribution is 2.07. The zero-order valence-corrected chi connectivity index (χ0v) is 11.6. The molecule has 2 heterocycles. The van der Waals surface area contributed by atoms with Crippen molar-refractivity contribution in [1.82, 2.24) is 25.1 Å². The van der Waals surface area contributed by atoms with Crippen LogP contribution in [-0.4, -0.2) is 32.8 Å². The molecule has 0 aliphatic rings. The molecule has 1 atom stereocenters. The first-order chi connectivity index (χ1) is 9.33. The van der Waals surface area contributed by atoms with Gasteiger partial charge in [0.05, 0.1) is 0 Å². The van der Waals surface area contributed by atoms with Crippen molar-refractivity contribution in [2.24, 2.45) is 0 Å². The maximum Gasteiger partial charge on any atom is 0.138 e. The van der Waals surface area contributed by atoms with Gasteiger partial charge in [-0.2, -0.15) is 5.10 Å². The van der Waals surface area contributed by atoms with Crippen LogP contribution in [0.3, 0.4) is 0 Å². The number of hydrogen-bond donors (Lipinski definition) is 1. The predicted molar refractivity (Wildman–Crippen MR) is 74.8 cm³/mol. The molecule has 0 spiro atoms. The Morgan fingerprint density at radius 3 is 2.74 bits per heavy atom. The molecular weight excluding hydrogens is 238 g/mol. The van der Waals surface area contributed by atoms with Gasteiger partial charge in [-0.05, 0) is 37.6 Å². The SMILES string of the molecule is CCCn1ncnc1CC(Cc1ccncc1)NC. The Morgan fingerprint density at radius 1 is 1.26 bits per heavy atom. The fraction of sp³-hybridized carbons (Fsp3) is 0.500. The van der Waals surface area contributed by atoms with E-state index in [1.54, 1.807) is 6.33 Å². The number of likely N-dealkylation sites (N-methyl/N-ethyl adjacent to an activating group) is 1. The van der Waals surface area contributed by atoms with Gasteiger partial charge in [-0.25, -0.2) is 4.98 Å². The van der Waals surface area contributed by atoms with Crippen molar-refractivity contribution >= 4 is 0 Å². The second kappa shape index (κ2) is 6.99. The largest absolute Gasteiger partial charge is 0.316 e. The van der Waals surface area contributed by atoms with E-state index in [9.17, 15) is 0 Å². The average Bonchev–Trinajstić information content (AvgIpc) is 2.87. The van der Waals surface area contributed by atoms with Gasteiger partial charge < -0.3 is 5.32 Å². The van der Waals surface area contributed by atoms with Gasteiger partial charge in [0.25, 0.3) is 0 Å². The minimum atomic E-state index is 0.363. The van der Waals surface area contributed by atoms with Gasteiger partial charge in [0, 0.05) is 31.4 Å². The summed E-state index contributed by atoms with van der Waals surface area (Å²) in [6, 6.07) is 4.48. The predicted octanol–water partition coefficient (Wildman–Crippen LogP) is 1.46. The first kappa shape index (κ1) is 13.7. The fourth-order valence-corrected chi connectivity index (χ4v) is 2.14. The first-order valence-electron chi connectivity index (χ1n) is 6.76. The minimum absolute atomic E-state index is 0.363. The third-order valence-electron chi connectivity index (χ3n) is 3.20. The van der Waals surface area contributed by atoms with E-state index in [0.717, 1.165) is 31.6 Å². The number of pyridine rings is 1. The van der Waals surface area contributed by atoms with Gasteiger partial charge in [-0.3, -0.25) is 9.67 Å². The van der Waals surface area contributed by atoms with Crippen LogP contribution in [0.4, 0.5) is 0 Å². The molecule has 0 aliphatic heterocycles. The molecule has 0 aromatic carbocycles. The van der Waals surface area contributed by atoms with Gasteiger partial charge in [0.15, 0.2) is 0 Å². The van der Waals surface area contributed by atoms with Crippen LogP contribution in [0, 0.1) is 0 Å². The zero-order valence-electron chi connectivity index (χ0n) is 11.6. The topological polar surface area (TPSA) is 55.6 Å². The number of nitrogens with one attached hydrogen (secondary N) is 1. The molecule has 2 aromatic heterocycles. The maximum atomic E-state index is 4.36. The highest BCUT2D eigenvalue weighted by atomic mass is 15.3. The van der Waals surface area contributed by atoms with Gasteiger partial charge >= 0.3 is 0 Å². The Morgan fingerprint density at radius 2 is 2.05 bits per heavy atom. The minimum Gasteiger partial charge on any atom is -0.316 e. The number of aryl methyl sites for hydroxylation is 1. The lowest BCUT2D eigenvalue weighted by atomic mass is 10.0. The Balaban J connectivity index is 2.00. The molecule has 0 amide bonds. The molecule has 0 aliphatic carbocycles. The summed E-state index contributed by atoms with van der Waals surface area (Å²) in [4.78, 5) is 8.41. The van der Waals surface area contributed by atoms with Gasteiger partial charge in [-0.15, -0.1) is 0 Å². The molecular formula is C14H21N5. The van der Waals surface area contributed by atoms with Crippen LogP contribution in [-0.2, 0) is 19.4 Å². The van der Waals surface area contributed by atoms with Crippen molar-refractivity contribution in [3.8, 4) is 0 Å². The van der Waals surface area contributed by atoms with Crippen LogP contribution >= 0.6 is 0 Å². The van der Waals surface area contributed by atoms with E-state index in [2.05, 4.69) is 39.4 Å². The van der Waals surface area contributed by atoms with Crippen LogP contribution in [0.15, 0.2) is 30.9 Å². The van der Waals surface area contributed by atoms with E-state index >= 15 is 0 Å². The third kappa shape index (κ3) is 3.86. The van der Waals surface area contributed by atoms with E-state index in [1.807, 2.05) is 24.1 Å².